The van der Waals surface area contributed by atoms with Gasteiger partial charge in [0.15, 0.2) is 0 Å². The molecule has 0 saturated carbocycles. The Hall–Kier alpha value is -3.02. The van der Waals surface area contributed by atoms with Gasteiger partial charge in [-0.15, -0.1) is 0 Å². The topological polar surface area (TPSA) is 81.1 Å². The highest BCUT2D eigenvalue weighted by Gasteiger charge is 2.54. The fourth-order valence-electron chi connectivity index (χ4n) is 4.20. The average molecular weight is 322 g/mol. The molecule has 2 atom stereocenters. The summed E-state index contributed by atoms with van der Waals surface area (Å²) >= 11 is 0. The standard InChI is InChI=1S/C18H14N2O4/c21-13-5-1-3-9-7-11-17(23)20-12(18(24)19(11)15(9)13)8-10-4-2-6-14(22)16(10)20/h1-6,11-12,21-22H,7-8H2/t11-,12-/m1/s1. The van der Waals surface area contributed by atoms with Gasteiger partial charge < -0.3 is 10.2 Å². The molecule has 6 heteroatoms. The summed E-state index contributed by atoms with van der Waals surface area (Å²) in [6, 6.07) is 8.80. The van der Waals surface area contributed by atoms with Crippen LogP contribution in [-0.2, 0) is 22.4 Å². The van der Waals surface area contributed by atoms with Gasteiger partial charge in [-0.2, -0.15) is 0 Å². The molecule has 0 bridgehead atoms. The van der Waals surface area contributed by atoms with Gasteiger partial charge in [0.05, 0.1) is 11.4 Å². The first-order valence-corrected chi connectivity index (χ1v) is 7.86. The van der Waals surface area contributed by atoms with Gasteiger partial charge in [-0.1, -0.05) is 24.3 Å². The predicted molar refractivity (Wildman–Crippen MR) is 86.2 cm³/mol. The number of phenolic OH excluding ortho intramolecular Hbond substituents is 2. The zero-order chi connectivity index (χ0) is 16.6. The van der Waals surface area contributed by atoms with Crippen molar-refractivity contribution in [1.29, 1.82) is 0 Å². The van der Waals surface area contributed by atoms with Crippen molar-refractivity contribution in [2.75, 3.05) is 9.80 Å². The van der Waals surface area contributed by atoms with E-state index in [1.165, 1.54) is 21.9 Å². The quantitative estimate of drug-likeness (QED) is 0.767. The summed E-state index contributed by atoms with van der Waals surface area (Å²) in [5.41, 5.74) is 2.47. The summed E-state index contributed by atoms with van der Waals surface area (Å²) in [5, 5.41) is 20.3. The molecule has 2 N–H and O–H groups in total. The Morgan fingerprint density at radius 3 is 1.58 bits per heavy atom. The van der Waals surface area contributed by atoms with E-state index in [4.69, 9.17) is 0 Å². The van der Waals surface area contributed by atoms with Crippen LogP contribution in [0.2, 0.25) is 0 Å². The minimum Gasteiger partial charge on any atom is -0.506 e. The molecule has 0 unspecified atom stereocenters. The fourth-order valence-corrected chi connectivity index (χ4v) is 4.20. The second-order valence-electron chi connectivity index (χ2n) is 6.43. The second kappa shape index (κ2) is 4.29. The van der Waals surface area contributed by atoms with Crippen LogP contribution in [0.1, 0.15) is 11.1 Å². The maximum absolute atomic E-state index is 13.1. The molecular weight excluding hydrogens is 308 g/mol. The van der Waals surface area contributed by atoms with E-state index in [-0.39, 0.29) is 23.3 Å². The zero-order valence-electron chi connectivity index (χ0n) is 12.6. The van der Waals surface area contributed by atoms with E-state index in [0.717, 1.165) is 11.1 Å². The Labute approximate surface area is 137 Å². The van der Waals surface area contributed by atoms with Gasteiger partial charge in [0.2, 0.25) is 0 Å². The van der Waals surface area contributed by atoms with Crippen molar-refractivity contribution in [3.05, 3.63) is 47.5 Å². The SMILES string of the molecule is O=C1[C@H]2Cc3cccc(O)c3N2C(=O)[C@H]2Cc3cccc(O)c3N12. The lowest BCUT2D eigenvalue weighted by molar-refractivity contribution is -0.130. The molecule has 0 spiro atoms. The first kappa shape index (κ1) is 13.4. The van der Waals surface area contributed by atoms with Crippen LogP contribution in [0.4, 0.5) is 11.4 Å². The van der Waals surface area contributed by atoms with Gasteiger partial charge >= 0.3 is 0 Å². The number of anilines is 2. The minimum atomic E-state index is -0.664. The van der Waals surface area contributed by atoms with Crippen LogP contribution in [0, 0.1) is 0 Å². The molecule has 2 aromatic rings. The Kier molecular flexibility index (Phi) is 2.40. The maximum atomic E-state index is 13.1. The van der Waals surface area contributed by atoms with Crippen LogP contribution in [0.5, 0.6) is 11.5 Å². The third-order valence-corrected chi connectivity index (χ3v) is 5.17. The maximum Gasteiger partial charge on any atom is 0.251 e. The monoisotopic (exact) mass is 322 g/mol. The predicted octanol–water partition coefficient (Wildman–Crippen LogP) is 1.33. The van der Waals surface area contributed by atoms with Gasteiger partial charge in [-0.3, -0.25) is 19.4 Å². The Balaban J connectivity index is 1.67. The molecule has 3 aliphatic heterocycles. The van der Waals surface area contributed by atoms with Gasteiger partial charge in [-0.25, -0.2) is 0 Å². The van der Waals surface area contributed by atoms with E-state index in [1.807, 2.05) is 12.1 Å². The summed E-state index contributed by atoms with van der Waals surface area (Å²) in [5.74, 6) is -0.392. The van der Waals surface area contributed by atoms with E-state index in [1.54, 1.807) is 12.1 Å². The molecule has 0 radical (unpaired) electrons. The normalized spacial score (nSPS) is 23.8. The average Bonchev–Trinajstić information content (AvgIpc) is 3.13. The van der Waals surface area contributed by atoms with E-state index >= 15 is 0 Å². The van der Waals surface area contributed by atoms with Crippen molar-refractivity contribution in [2.45, 2.75) is 24.9 Å². The number of hydrogen-bond donors (Lipinski definition) is 2. The van der Waals surface area contributed by atoms with Gasteiger partial charge in [0.25, 0.3) is 11.8 Å². The molecule has 5 rings (SSSR count). The van der Waals surface area contributed by atoms with Crippen LogP contribution in [-0.4, -0.2) is 34.1 Å². The summed E-state index contributed by atoms with van der Waals surface area (Å²) in [6.45, 7) is 0. The summed E-state index contributed by atoms with van der Waals surface area (Å²) in [4.78, 5) is 29.0. The third kappa shape index (κ3) is 1.45. The molecule has 1 saturated heterocycles. The molecule has 2 aromatic carbocycles. The number of amides is 2. The van der Waals surface area contributed by atoms with E-state index < -0.39 is 12.1 Å². The number of phenols is 2. The van der Waals surface area contributed by atoms with Crippen LogP contribution in [0.15, 0.2) is 36.4 Å². The third-order valence-electron chi connectivity index (χ3n) is 5.17. The molecule has 3 aliphatic rings. The summed E-state index contributed by atoms with van der Waals surface area (Å²) < 4.78 is 0. The number of aromatic hydroxyl groups is 2. The van der Waals surface area contributed by atoms with Crippen LogP contribution in [0.3, 0.4) is 0 Å². The summed E-state index contributed by atoms with van der Waals surface area (Å²) in [7, 11) is 0. The number of hydrogen-bond acceptors (Lipinski definition) is 4. The van der Waals surface area contributed by atoms with Crippen molar-refractivity contribution >= 4 is 23.2 Å². The Morgan fingerprint density at radius 2 is 1.17 bits per heavy atom. The minimum absolute atomic E-state index is 0.0166. The highest BCUT2D eigenvalue weighted by molar-refractivity contribution is 6.19. The first-order chi connectivity index (χ1) is 11.6. The van der Waals surface area contributed by atoms with E-state index in [9.17, 15) is 19.8 Å². The molecule has 0 aliphatic carbocycles. The lowest BCUT2D eigenvalue weighted by atomic mass is 10.0. The highest BCUT2D eigenvalue weighted by Crippen LogP contribution is 2.47. The van der Waals surface area contributed by atoms with Crippen LogP contribution in [0.25, 0.3) is 0 Å². The number of nitrogens with zero attached hydrogens (tertiary/aromatic N) is 2. The number of carbonyl (C=O) groups excluding carboxylic acids is 2. The van der Waals surface area contributed by atoms with Crippen LogP contribution < -0.4 is 9.80 Å². The van der Waals surface area contributed by atoms with E-state index in [0.29, 0.717) is 24.2 Å². The molecule has 6 nitrogen and oxygen atoms in total. The van der Waals surface area contributed by atoms with Gasteiger partial charge in [0.1, 0.15) is 23.6 Å². The molecule has 1 fully saturated rings. The lowest BCUT2D eigenvalue weighted by Gasteiger charge is -2.39. The zero-order valence-corrected chi connectivity index (χ0v) is 12.6. The van der Waals surface area contributed by atoms with E-state index in [2.05, 4.69) is 0 Å². The second-order valence-corrected chi connectivity index (χ2v) is 6.43. The first-order valence-electron chi connectivity index (χ1n) is 7.86. The Morgan fingerprint density at radius 1 is 0.750 bits per heavy atom. The number of rotatable bonds is 0. The molecule has 120 valence electrons. The molecule has 2 amide bonds. The number of para-hydroxylation sites is 2. The van der Waals surface area contributed by atoms with Crippen molar-refractivity contribution < 1.29 is 19.8 Å². The van der Waals surface area contributed by atoms with Crippen molar-refractivity contribution in [2.24, 2.45) is 0 Å². The molecule has 24 heavy (non-hydrogen) atoms. The molecule has 0 aromatic heterocycles. The van der Waals surface area contributed by atoms with Crippen molar-refractivity contribution in [1.82, 2.24) is 0 Å². The summed E-state index contributed by atoms with van der Waals surface area (Å²) in [6.07, 6.45) is 0.751. The molecule has 3 heterocycles. The lowest BCUT2D eigenvalue weighted by Crippen LogP contribution is -2.63. The van der Waals surface area contributed by atoms with Crippen LogP contribution >= 0.6 is 0 Å². The highest BCUT2D eigenvalue weighted by atomic mass is 16.3. The smallest absolute Gasteiger partial charge is 0.251 e. The number of benzene rings is 2. The Bertz CT molecular complexity index is 848. The number of carbonyl (C=O) groups is 2. The molecular formula is C18H14N2O4. The van der Waals surface area contributed by atoms with Gasteiger partial charge in [0, 0.05) is 12.8 Å². The van der Waals surface area contributed by atoms with Gasteiger partial charge in [-0.05, 0) is 23.3 Å². The number of fused-ring (bicyclic) bond motifs is 6. The fraction of sp³-hybridized carbons (Fsp3) is 0.222. The number of piperazine rings is 1. The largest absolute Gasteiger partial charge is 0.506 e. The van der Waals surface area contributed by atoms with Crippen molar-refractivity contribution in [3.8, 4) is 11.5 Å². The van der Waals surface area contributed by atoms with Crippen molar-refractivity contribution in [3.63, 3.8) is 0 Å².